The summed E-state index contributed by atoms with van der Waals surface area (Å²) in [7, 11) is 0. The number of amides is 1. The second kappa shape index (κ2) is 6.84. The first-order valence-corrected chi connectivity index (χ1v) is 7.64. The van der Waals surface area contributed by atoms with E-state index in [2.05, 4.69) is 37.9 Å². The smallest absolute Gasteiger partial charge is 0.316 e. The number of hydrogen-bond donors (Lipinski definition) is 1. The number of ether oxygens (including phenoxy) is 1. The van der Waals surface area contributed by atoms with E-state index < -0.39 is 0 Å². The van der Waals surface area contributed by atoms with Gasteiger partial charge in [0.05, 0.1) is 23.7 Å². The molecule has 6 heteroatoms. The van der Waals surface area contributed by atoms with Gasteiger partial charge in [0.25, 0.3) is 5.91 Å². The van der Waals surface area contributed by atoms with Crippen molar-refractivity contribution >= 4 is 34.2 Å². The van der Waals surface area contributed by atoms with Gasteiger partial charge in [-0.1, -0.05) is 0 Å². The van der Waals surface area contributed by atoms with Gasteiger partial charge in [-0.25, -0.2) is 0 Å². The number of aromatic nitrogens is 2. The highest BCUT2D eigenvalue weighted by atomic mass is 127. The summed E-state index contributed by atoms with van der Waals surface area (Å²) in [6.45, 7) is 6.02. The van der Waals surface area contributed by atoms with Crippen molar-refractivity contribution in [1.82, 2.24) is 9.97 Å². The number of carbonyl (C=O) groups excluding carboxylic acids is 1. The lowest BCUT2D eigenvalue weighted by Crippen LogP contribution is -2.15. The van der Waals surface area contributed by atoms with E-state index in [9.17, 15) is 4.79 Å². The number of benzene rings is 1. The van der Waals surface area contributed by atoms with Gasteiger partial charge in [0, 0.05) is 9.13 Å². The van der Waals surface area contributed by atoms with Gasteiger partial charge in [0.1, 0.15) is 0 Å². The molecule has 1 N–H and O–H groups in total. The Labute approximate surface area is 137 Å². The van der Waals surface area contributed by atoms with Crippen LogP contribution in [0.15, 0.2) is 24.3 Å². The van der Waals surface area contributed by atoms with Gasteiger partial charge in [-0.15, -0.1) is 0 Å². The number of carbonyl (C=O) groups is 1. The average Bonchev–Trinajstić information content (AvgIpc) is 2.44. The lowest BCUT2D eigenvalue weighted by Gasteiger charge is -2.12. The maximum Gasteiger partial charge on any atom is 0.316 e. The number of rotatable bonds is 4. The van der Waals surface area contributed by atoms with Crippen LogP contribution in [-0.2, 0) is 0 Å². The van der Waals surface area contributed by atoms with Gasteiger partial charge in [-0.3, -0.25) is 4.79 Å². The first-order valence-electron chi connectivity index (χ1n) is 6.56. The Balaban J connectivity index is 2.23. The van der Waals surface area contributed by atoms with Crippen LogP contribution in [-0.4, -0.2) is 22.5 Å². The van der Waals surface area contributed by atoms with Crippen LogP contribution in [0, 0.1) is 17.4 Å². The monoisotopic (exact) mass is 397 g/mol. The largest absolute Gasteiger partial charge is 0.464 e. The number of nitrogens with one attached hydrogen (secondary N) is 1. The highest BCUT2D eigenvalue weighted by molar-refractivity contribution is 14.1. The Kier molecular flexibility index (Phi) is 5.11. The van der Waals surface area contributed by atoms with Gasteiger partial charge >= 0.3 is 6.01 Å². The summed E-state index contributed by atoms with van der Waals surface area (Å²) < 4.78 is 6.37. The molecule has 0 saturated heterocycles. The molecule has 1 aromatic carbocycles. The fourth-order valence-corrected chi connectivity index (χ4v) is 2.21. The quantitative estimate of drug-likeness (QED) is 0.804. The molecule has 0 unspecified atom stereocenters. The van der Waals surface area contributed by atoms with Crippen molar-refractivity contribution in [3.05, 3.63) is 44.8 Å². The summed E-state index contributed by atoms with van der Waals surface area (Å²) >= 11 is 2.20. The highest BCUT2D eigenvalue weighted by Gasteiger charge is 2.13. The molecule has 0 bridgehead atoms. The van der Waals surface area contributed by atoms with E-state index in [4.69, 9.17) is 4.74 Å². The van der Waals surface area contributed by atoms with Crippen molar-refractivity contribution in [3.63, 3.8) is 0 Å². The predicted octanol–water partition coefficient (Wildman–Crippen LogP) is 3.35. The maximum absolute atomic E-state index is 12.2. The lowest BCUT2D eigenvalue weighted by molar-refractivity contribution is 0.102. The zero-order valence-corrected chi connectivity index (χ0v) is 14.3. The molecule has 0 aliphatic carbocycles. The first-order chi connectivity index (χ1) is 10.0. The van der Waals surface area contributed by atoms with Crippen molar-refractivity contribution in [3.8, 4) is 6.01 Å². The van der Waals surface area contributed by atoms with E-state index in [-0.39, 0.29) is 5.91 Å². The Morgan fingerprint density at radius 1 is 1.19 bits per heavy atom. The van der Waals surface area contributed by atoms with Gasteiger partial charge in [0.2, 0.25) is 0 Å². The van der Waals surface area contributed by atoms with E-state index in [1.807, 2.05) is 32.9 Å². The molecule has 21 heavy (non-hydrogen) atoms. The summed E-state index contributed by atoms with van der Waals surface area (Å²) in [5, 5.41) is 2.86. The summed E-state index contributed by atoms with van der Waals surface area (Å²) in [6.07, 6.45) is 0. The number of aryl methyl sites for hydroxylation is 2. The molecule has 110 valence electrons. The van der Waals surface area contributed by atoms with Crippen LogP contribution in [0.1, 0.15) is 28.7 Å². The standard InChI is InChI=1S/C15H16IN3O2/c1-4-21-15-17-9(2)13(10(3)18-15)19-14(20)11-5-7-12(16)8-6-11/h5-8H,4H2,1-3H3,(H,19,20). The average molecular weight is 397 g/mol. The van der Waals surface area contributed by atoms with E-state index in [0.29, 0.717) is 35.3 Å². The molecule has 0 saturated carbocycles. The molecule has 0 fully saturated rings. The molecule has 1 amide bonds. The third-order valence-electron chi connectivity index (χ3n) is 2.87. The zero-order chi connectivity index (χ0) is 15.4. The van der Waals surface area contributed by atoms with Crippen LogP contribution in [0.3, 0.4) is 0 Å². The maximum atomic E-state index is 12.2. The van der Waals surface area contributed by atoms with E-state index in [1.54, 1.807) is 12.1 Å². The first kappa shape index (κ1) is 15.7. The fourth-order valence-electron chi connectivity index (χ4n) is 1.85. The van der Waals surface area contributed by atoms with Crippen LogP contribution in [0.25, 0.3) is 0 Å². The van der Waals surface area contributed by atoms with Crippen molar-refractivity contribution in [2.45, 2.75) is 20.8 Å². The molecule has 2 rings (SSSR count). The molecule has 1 aromatic heterocycles. The third-order valence-corrected chi connectivity index (χ3v) is 3.59. The van der Waals surface area contributed by atoms with Crippen molar-refractivity contribution in [2.75, 3.05) is 11.9 Å². The minimum Gasteiger partial charge on any atom is -0.464 e. The Morgan fingerprint density at radius 3 is 2.29 bits per heavy atom. The number of halogens is 1. The SMILES string of the molecule is CCOc1nc(C)c(NC(=O)c2ccc(I)cc2)c(C)n1. The van der Waals surface area contributed by atoms with Gasteiger partial charge in [-0.05, 0) is 67.6 Å². The van der Waals surface area contributed by atoms with Crippen LogP contribution < -0.4 is 10.1 Å². The summed E-state index contributed by atoms with van der Waals surface area (Å²) in [4.78, 5) is 20.7. The fraction of sp³-hybridized carbons (Fsp3) is 0.267. The van der Waals surface area contributed by atoms with Crippen molar-refractivity contribution in [1.29, 1.82) is 0 Å². The number of hydrogen-bond acceptors (Lipinski definition) is 4. The normalized spacial score (nSPS) is 10.3. The topological polar surface area (TPSA) is 64.1 Å². The minimum absolute atomic E-state index is 0.176. The molecule has 0 atom stereocenters. The minimum atomic E-state index is -0.176. The highest BCUT2D eigenvalue weighted by Crippen LogP contribution is 2.20. The predicted molar refractivity (Wildman–Crippen MR) is 89.8 cm³/mol. The molecule has 1 heterocycles. The molecule has 2 aromatic rings. The molecule has 0 radical (unpaired) electrons. The van der Waals surface area contributed by atoms with Gasteiger partial charge in [0.15, 0.2) is 0 Å². The van der Waals surface area contributed by atoms with Gasteiger partial charge in [-0.2, -0.15) is 9.97 Å². The number of nitrogens with zero attached hydrogens (tertiary/aromatic N) is 2. The van der Waals surface area contributed by atoms with Gasteiger partial charge < -0.3 is 10.1 Å². The zero-order valence-electron chi connectivity index (χ0n) is 12.1. The lowest BCUT2D eigenvalue weighted by atomic mass is 10.2. The van der Waals surface area contributed by atoms with Crippen LogP contribution >= 0.6 is 22.6 Å². The molecular formula is C15H16IN3O2. The summed E-state index contributed by atoms with van der Waals surface area (Å²) in [6, 6.07) is 7.70. The third kappa shape index (κ3) is 3.90. The Morgan fingerprint density at radius 2 is 1.76 bits per heavy atom. The van der Waals surface area contributed by atoms with Crippen LogP contribution in [0.4, 0.5) is 5.69 Å². The van der Waals surface area contributed by atoms with Crippen LogP contribution in [0.2, 0.25) is 0 Å². The van der Waals surface area contributed by atoms with Crippen LogP contribution in [0.5, 0.6) is 6.01 Å². The Bertz CT molecular complexity index is 633. The summed E-state index contributed by atoms with van der Waals surface area (Å²) in [5.74, 6) is -0.176. The van der Waals surface area contributed by atoms with E-state index >= 15 is 0 Å². The molecule has 5 nitrogen and oxygen atoms in total. The molecular weight excluding hydrogens is 381 g/mol. The molecule has 0 aliphatic heterocycles. The van der Waals surface area contributed by atoms with Crippen molar-refractivity contribution in [2.24, 2.45) is 0 Å². The number of anilines is 1. The second-order valence-corrected chi connectivity index (χ2v) is 5.69. The van der Waals surface area contributed by atoms with E-state index in [1.165, 1.54) is 0 Å². The Hall–Kier alpha value is -1.70. The molecule has 0 aliphatic rings. The summed E-state index contributed by atoms with van der Waals surface area (Å²) in [5.41, 5.74) is 2.60. The second-order valence-electron chi connectivity index (χ2n) is 4.45. The van der Waals surface area contributed by atoms with E-state index in [0.717, 1.165) is 3.57 Å². The molecule has 0 spiro atoms. The van der Waals surface area contributed by atoms with Crippen molar-refractivity contribution < 1.29 is 9.53 Å².